The average molecular weight is 628 g/mol. The maximum absolute atomic E-state index is 13.2. The lowest BCUT2D eigenvalue weighted by Gasteiger charge is -2.32. The zero-order valence-electron chi connectivity index (χ0n) is 24.7. The third kappa shape index (κ3) is 7.48. The largest absolute Gasteiger partial charge is 0.370 e. The molecule has 4 aromatic rings. The molecule has 1 aliphatic heterocycles. The summed E-state index contributed by atoms with van der Waals surface area (Å²) in [4.78, 5) is 43.3. The first kappa shape index (κ1) is 31.2. The summed E-state index contributed by atoms with van der Waals surface area (Å²) in [6, 6.07) is 16.6. The number of imidazole rings is 1. The number of para-hydroxylation sites is 2. The van der Waals surface area contributed by atoms with Crippen LogP contribution in [0.25, 0.3) is 22.4 Å². The van der Waals surface area contributed by atoms with Gasteiger partial charge in [-0.15, -0.1) is 0 Å². The number of rotatable bonds is 9. The Hall–Kier alpha value is -5.20. The number of nitrogens with two attached hydrogens (primary N) is 1. The lowest BCUT2D eigenvalue weighted by molar-refractivity contribution is -0.124. The number of nitrogens with zero attached hydrogens (tertiary/aromatic N) is 4. The van der Waals surface area contributed by atoms with Gasteiger partial charge in [0.1, 0.15) is 11.6 Å². The fourth-order valence-corrected chi connectivity index (χ4v) is 5.27. The average Bonchev–Trinajstić information content (AvgIpc) is 3.49. The second-order valence-electron chi connectivity index (χ2n) is 10.6. The number of hydrogen-bond donors (Lipinski definition) is 6. The van der Waals surface area contributed by atoms with Crippen molar-refractivity contribution >= 4 is 51.9 Å². The van der Waals surface area contributed by atoms with Gasteiger partial charge in [0.05, 0.1) is 32.9 Å². The Morgan fingerprint density at radius 3 is 2.67 bits per heavy atom. The Morgan fingerprint density at radius 1 is 1.18 bits per heavy atom. The molecule has 0 aliphatic carbocycles. The molecule has 0 bridgehead atoms. The number of pyridine rings is 1. The van der Waals surface area contributed by atoms with E-state index >= 15 is 0 Å². The van der Waals surface area contributed by atoms with Gasteiger partial charge in [0.15, 0.2) is 5.96 Å². The molecular formula is C32H34ClN9O3. The molecule has 12 nitrogen and oxygen atoms in total. The smallest absolute Gasteiger partial charge is 0.276 e. The molecule has 232 valence electrons. The zero-order chi connectivity index (χ0) is 31.9. The molecule has 1 saturated heterocycles. The number of H-pyrrole nitrogens is 1. The maximum atomic E-state index is 13.2. The van der Waals surface area contributed by atoms with Gasteiger partial charge in [0, 0.05) is 37.1 Å². The number of hydroxylamine groups is 1. The van der Waals surface area contributed by atoms with Gasteiger partial charge in [-0.05, 0) is 68.1 Å². The molecule has 0 unspecified atom stereocenters. The molecule has 13 heteroatoms. The van der Waals surface area contributed by atoms with Crippen molar-refractivity contribution in [3.8, 4) is 11.4 Å². The van der Waals surface area contributed by atoms with Gasteiger partial charge in [0.2, 0.25) is 0 Å². The van der Waals surface area contributed by atoms with E-state index in [1.807, 2.05) is 29.2 Å². The summed E-state index contributed by atoms with van der Waals surface area (Å²) >= 11 is 6.48. The number of piperidine rings is 1. The number of likely N-dealkylation sites (tertiary alicyclic amines) is 1. The number of amides is 2. The van der Waals surface area contributed by atoms with Crippen LogP contribution in [0.4, 0.5) is 11.5 Å². The number of carbonyl (C=O) groups excluding carboxylic acids is 2. The number of carbonyl (C=O) groups is 2. The SMILES string of the molecule is C=C/C(=C\N=C(N)N1CCC(CNc2ccc(C(=O)Nc3ccc(Cl)c(-c4nc5ccccc5[nH]4)c3)c(C)n2)CC1)C(=O)NO. The van der Waals surface area contributed by atoms with Crippen molar-refractivity contribution in [1.29, 1.82) is 0 Å². The van der Waals surface area contributed by atoms with Gasteiger partial charge < -0.3 is 26.3 Å². The van der Waals surface area contributed by atoms with Crippen LogP contribution in [0.15, 0.2) is 84.0 Å². The fraction of sp³-hybridized carbons (Fsp3) is 0.219. The van der Waals surface area contributed by atoms with Gasteiger partial charge in [0.25, 0.3) is 11.8 Å². The monoisotopic (exact) mass is 627 g/mol. The molecule has 3 heterocycles. The minimum absolute atomic E-state index is 0.101. The van der Waals surface area contributed by atoms with Crippen LogP contribution in [-0.2, 0) is 4.79 Å². The van der Waals surface area contributed by atoms with E-state index in [0.717, 1.165) is 30.4 Å². The van der Waals surface area contributed by atoms with Crippen LogP contribution in [0, 0.1) is 12.8 Å². The lowest BCUT2D eigenvalue weighted by atomic mass is 9.97. The standard InChI is InChI=1S/C32H34ClN9O3/c1-3-21(30(43)41-45)18-36-32(34)42-14-12-20(13-15-42)17-35-28-11-9-23(19(2)37-28)31(44)38-22-8-10-25(33)24(16-22)29-39-26-6-4-5-7-27(26)40-29/h3-11,16,18,20,45H,1,12-15,17H2,2H3,(H2,34,36)(H,35,37)(H,38,44)(H,39,40)(H,41,43)/b21-18+. The third-order valence-electron chi connectivity index (χ3n) is 7.63. The number of guanidine groups is 1. The van der Waals surface area contributed by atoms with E-state index in [1.165, 1.54) is 12.3 Å². The molecule has 0 saturated carbocycles. The predicted molar refractivity (Wildman–Crippen MR) is 176 cm³/mol. The second-order valence-corrected chi connectivity index (χ2v) is 11.0. The van der Waals surface area contributed by atoms with Crippen LogP contribution < -0.4 is 21.8 Å². The quantitative estimate of drug-likeness (QED) is 0.0381. The minimum Gasteiger partial charge on any atom is -0.370 e. The van der Waals surface area contributed by atoms with Crippen LogP contribution in [0.5, 0.6) is 0 Å². The number of halogens is 1. The minimum atomic E-state index is -0.709. The number of nitrogens with one attached hydrogen (secondary N) is 4. The molecule has 0 spiro atoms. The van der Waals surface area contributed by atoms with Gasteiger partial charge in [-0.2, -0.15) is 0 Å². The summed E-state index contributed by atoms with van der Waals surface area (Å²) in [6.45, 7) is 7.47. The van der Waals surface area contributed by atoms with Gasteiger partial charge >= 0.3 is 0 Å². The van der Waals surface area contributed by atoms with E-state index in [2.05, 4.69) is 37.2 Å². The summed E-state index contributed by atoms with van der Waals surface area (Å²) in [6.07, 6.45) is 4.33. The predicted octanol–water partition coefficient (Wildman–Crippen LogP) is 4.85. The molecule has 7 N–H and O–H groups in total. The highest BCUT2D eigenvalue weighted by Gasteiger charge is 2.21. The number of aryl methyl sites for hydroxylation is 1. The van der Waals surface area contributed by atoms with E-state index < -0.39 is 5.91 Å². The van der Waals surface area contributed by atoms with Crippen LogP contribution in [-0.4, -0.2) is 62.5 Å². The zero-order valence-corrected chi connectivity index (χ0v) is 25.4. The summed E-state index contributed by atoms with van der Waals surface area (Å²) in [7, 11) is 0. The Labute approximate surface area is 265 Å². The summed E-state index contributed by atoms with van der Waals surface area (Å²) < 4.78 is 0. The number of hydrogen-bond acceptors (Lipinski definition) is 7. The Kier molecular flexibility index (Phi) is 9.76. The first-order valence-corrected chi connectivity index (χ1v) is 14.8. The van der Waals surface area contributed by atoms with Crippen molar-refractivity contribution < 1.29 is 14.8 Å². The van der Waals surface area contributed by atoms with Crippen LogP contribution in [0.2, 0.25) is 5.02 Å². The molecule has 0 atom stereocenters. The summed E-state index contributed by atoms with van der Waals surface area (Å²) in [5, 5.41) is 15.6. The molecular weight excluding hydrogens is 594 g/mol. The Bertz CT molecular complexity index is 1760. The van der Waals surface area contributed by atoms with Gasteiger partial charge in [-0.3, -0.25) is 14.8 Å². The van der Waals surface area contributed by atoms with E-state index in [1.54, 1.807) is 42.7 Å². The van der Waals surface area contributed by atoms with Gasteiger partial charge in [-0.25, -0.2) is 20.4 Å². The number of benzene rings is 2. The normalized spacial score (nSPS) is 14.3. The summed E-state index contributed by atoms with van der Waals surface area (Å²) in [5.41, 5.74) is 11.8. The first-order valence-electron chi connectivity index (χ1n) is 14.4. The highest BCUT2D eigenvalue weighted by atomic mass is 35.5. The molecule has 2 aromatic carbocycles. The van der Waals surface area contributed by atoms with Gasteiger partial charge in [-0.1, -0.05) is 36.4 Å². The molecule has 5 rings (SSSR count). The van der Waals surface area contributed by atoms with Crippen molar-refractivity contribution in [2.75, 3.05) is 30.3 Å². The third-order valence-corrected chi connectivity index (χ3v) is 7.96. The Morgan fingerprint density at radius 2 is 1.96 bits per heavy atom. The lowest BCUT2D eigenvalue weighted by Crippen LogP contribution is -2.43. The highest BCUT2D eigenvalue weighted by molar-refractivity contribution is 6.33. The molecule has 2 amide bonds. The number of fused-ring (bicyclic) bond motifs is 1. The van der Waals surface area contributed by atoms with E-state index in [-0.39, 0.29) is 11.5 Å². The Balaban J connectivity index is 1.15. The van der Waals surface area contributed by atoms with Crippen molar-refractivity contribution in [2.45, 2.75) is 19.8 Å². The van der Waals surface area contributed by atoms with Crippen molar-refractivity contribution in [1.82, 2.24) is 25.3 Å². The van der Waals surface area contributed by atoms with E-state index in [0.29, 0.717) is 64.1 Å². The van der Waals surface area contributed by atoms with E-state index in [4.69, 9.17) is 22.5 Å². The van der Waals surface area contributed by atoms with E-state index in [9.17, 15) is 9.59 Å². The number of aromatic amines is 1. The molecule has 1 fully saturated rings. The molecule has 45 heavy (non-hydrogen) atoms. The maximum Gasteiger partial charge on any atom is 0.276 e. The number of aromatic nitrogens is 3. The number of aliphatic imine (C=N–C) groups is 1. The van der Waals surface area contributed by atoms with Crippen molar-refractivity contribution in [2.24, 2.45) is 16.6 Å². The topological polar surface area (TPSA) is 174 Å². The highest BCUT2D eigenvalue weighted by Crippen LogP contribution is 2.30. The molecule has 1 aliphatic rings. The molecule has 0 radical (unpaired) electrons. The van der Waals surface area contributed by atoms with Crippen LogP contribution in [0.3, 0.4) is 0 Å². The van der Waals surface area contributed by atoms with Crippen LogP contribution in [0.1, 0.15) is 28.9 Å². The van der Waals surface area contributed by atoms with Crippen LogP contribution >= 0.6 is 11.6 Å². The van der Waals surface area contributed by atoms with Crippen molar-refractivity contribution in [3.05, 3.63) is 95.3 Å². The molecule has 2 aromatic heterocycles. The summed E-state index contributed by atoms with van der Waals surface area (Å²) in [5.74, 6) is 1.01. The number of anilines is 2. The first-order chi connectivity index (χ1) is 21.7. The second kappa shape index (κ2) is 14.1. The fourth-order valence-electron chi connectivity index (χ4n) is 5.06. The van der Waals surface area contributed by atoms with Crippen molar-refractivity contribution in [3.63, 3.8) is 0 Å².